The van der Waals surface area contributed by atoms with Gasteiger partial charge in [0.2, 0.25) is 5.91 Å². The van der Waals surface area contributed by atoms with Gasteiger partial charge in [0.25, 0.3) is 0 Å². The van der Waals surface area contributed by atoms with E-state index in [1.807, 2.05) is 43.3 Å². The third-order valence-corrected chi connectivity index (χ3v) is 5.23. The minimum Gasteiger partial charge on any atom is -0.357 e. The number of hydrogen-bond donors (Lipinski definition) is 3. The second-order valence-electron chi connectivity index (χ2n) is 7.74. The Morgan fingerprint density at radius 2 is 2.00 bits per heavy atom. The normalized spacial score (nSPS) is 16.0. The van der Waals surface area contributed by atoms with Crippen molar-refractivity contribution >= 4 is 17.6 Å². The van der Waals surface area contributed by atoms with E-state index in [4.69, 9.17) is 4.99 Å². The molecule has 1 saturated carbocycles. The lowest BCUT2D eigenvalue weighted by Crippen LogP contribution is -2.46. The lowest BCUT2D eigenvalue weighted by atomic mass is 9.67. The number of aliphatic imine (C=N–C) groups is 1. The molecule has 6 nitrogen and oxygen atoms in total. The molecule has 0 radical (unpaired) electrons. The molecule has 1 aromatic rings. The summed E-state index contributed by atoms with van der Waals surface area (Å²) in [6.45, 7) is 7.13. The number of likely N-dealkylation sites (N-methyl/N-ethyl adjacent to an activating group) is 1. The Morgan fingerprint density at radius 1 is 1.22 bits per heavy atom. The van der Waals surface area contributed by atoms with E-state index in [0.717, 1.165) is 30.3 Å². The molecule has 6 heteroatoms. The first-order chi connectivity index (χ1) is 13.0. The third kappa shape index (κ3) is 6.86. The summed E-state index contributed by atoms with van der Waals surface area (Å²) < 4.78 is 0. The van der Waals surface area contributed by atoms with Crippen LogP contribution in [-0.2, 0) is 11.3 Å². The number of rotatable bonds is 9. The molecule has 0 bridgehead atoms. The van der Waals surface area contributed by atoms with E-state index in [2.05, 4.69) is 29.8 Å². The second kappa shape index (κ2) is 10.3. The molecule has 1 aliphatic carbocycles. The largest absolute Gasteiger partial charge is 0.357 e. The number of carbonyl (C=O) groups excluding carboxylic acids is 1. The van der Waals surface area contributed by atoms with Gasteiger partial charge in [0, 0.05) is 18.8 Å². The molecule has 0 aliphatic heterocycles. The van der Waals surface area contributed by atoms with Crippen molar-refractivity contribution < 1.29 is 4.79 Å². The average Bonchev–Trinajstić information content (AvgIpc) is 2.58. The van der Waals surface area contributed by atoms with Gasteiger partial charge in [-0.05, 0) is 63.4 Å². The molecule has 2 rings (SSSR count). The van der Waals surface area contributed by atoms with Gasteiger partial charge >= 0.3 is 0 Å². The monoisotopic (exact) mass is 373 g/mol. The first-order valence-electron chi connectivity index (χ1n) is 10.0. The van der Waals surface area contributed by atoms with Crippen LogP contribution in [0.3, 0.4) is 0 Å². The number of nitrogens with one attached hydrogen (secondary N) is 3. The fourth-order valence-electron chi connectivity index (χ4n) is 3.35. The minimum absolute atomic E-state index is 0.0129. The molecule has 0 unspecified atom stereocenters. The van der Waals surface area contributed by atoms with E-state index in [0.29, 0.717) is 18.5 Å². The minimum atomic E-state index is -0.0129. The molecule has 150 valence electrons. The van der Waals surface area contributed by atoms with E-state index in [-0.39, 0.29) is 5.91 Å². The van der Waals surface area contributed by atoms with Crippen molar-refractivity contribution in [1.82, 2.24) is 15.5 Å². The molecule has 1 amide bonds. The van der Waals surface area contributed by atoms with Crippen LogP contribution in [0, 0.1) is 5.41 Å². The van der Waals surface area contributed by atoms with Gasteiger partial charge in [0.05, 0.1) is 13.1 Å². The molecule has 1 aromatic carbocycles. The van der Waals surface area contributed by atoms with Gasteiger partial charge in [-0.1, -0.05) is 25.5 Å². The van der Waals surface area contributed by atoms with Crippen molar-refractivity contribution in [3.05, 3.63) is 29.8 Å². The molecule has 0 heterocycles. The molecule has 27 heavy (non-hydrogen) atoms. The van der Waals surface area contributed by atoms with Gasteiger partial charge in [-0.25, -0.2) is 4.99 Å². The van der Waals surface area contributed by atoms with Crippen LogP contribution in [0.4, 0.5) is 5.69 Å². The number of anilines is 1. The lowest BCUT2D eigenvalue weighted by Gasteiger charge is -2.41. The first kappa shape index (κ1) is 21.2. The number of carbonyl (C=O) groups is 1. The summed E-state index contributed by atoms with van der Waals surface area (Å²) in [7, 11) is 3.76. The lowest BCUT2D eigenvalue weighted by molar-refractivity contribution is -0.116. The summed E-state index contributed by atoms with van der Waals surface area (Å²) in [5.74, 6) is 0.847. The Kier molecular flexibility index (Phi) is 8.10. The molecular formula is C21H35N5O. The number of hydrogen-bond acceptors (Lipinski definition) is 3. The van der Waals surface area contributed by atoms with Gasteiger partial charge in [0.15, 0.2) is 5.96 Å². The van der Waals surface area contributed by atoms with Crippen LogP contribution in [0.2, 0.25) is 0 Å². The predicted octanol–water partition coefficient (Wildman–Crippen LogP) is 2.82. The first-order valence-corrected chi connectivity index (χ1v) is 10.0. The smallest absolute Gasteiger partial charge is 0.238 e. The highest BCUT2D eigenvalue weighted by molar-refractivity contribution is 5.92. The molecule has 1 fully saturated rings. The summed E-state index contributed by atoms with van der Waals surface area (Å²) in [6.07, 6.45) is 5.18. The average molecular weight is 374 g/mol. The van der Waals surface area contributed by atoms with Crippen LogP contribution in [0.1, 0.15) is 45.1 Å². The Morgan fingerprint density at radius 3 is 2.59 bits per heavy atom. The van der Waals surface area contributed by atoms with Crippen LogP contribution in [0.5, 0.6) is 0 Å². The topological polar surface area (TPSA) is 68.8 Å². The van der Waals surface area contributed by atoms with Crippen molar-refractivity contribution in [1.29, 1.82) is 0 Å². The van der Waals surface area contributed by atoms with Crippen molar-refractivity contribution in [2.24, 2.45) is 10.4 Å². The summed E-state index contributed by atoms with van der Waals surface area (Å²) in [5, 5.41) is 9.78. The van der Waals surface area contributed by atoms with E-state index >= 15 is 0 Å². The number of nitrogens with zero attached hydrogens (tertiary/aromatic N) is 2. The maximum absolute atomic E-state index is 11.9. The van der Waals surface area contributed by atoms with Gasteiger partial charge < -0.3 is 20.9 Å². The van der Waals surface area contributed by atoms with E-state index in [1.54, 1.807) is 0 Å². The summed E-state index contributed by atoms with van der Waals surface area (Å²) in [6, 6.07) is 7.89. The van der Waals surface area contributed by atoms with Gasteiger partial charge in [-0.3, -0.25) is 4.79 Å². The van der Waals surface area contributed by atoms with Crippen molar-refractivity contribution in [3.8, 4) is 0 Å². The van der Waals surface area contributed by atoms with Crippen LogP contribution in [0.25, 0.3) is 0 Å². The second-order valence-corrected chi connectivity index (χ2v) is 7.74. The highest BCUT2D eigenvalue weighted by Crippen LogP contribution is 2.42. The molecule has 3 N–H and O–H groups in total. The Labute approximate surface area is 163 Å². The zero-order chi connectivity index (χ0) is 19.7. The fraction of sp³-hybridized carbons (Fsp3) is 0.619. The van der Waals surface area contributed by atoms with Gasteiger partial charge in [-0.15, -0.1) is 0 Å². The van der Waals surface area contributed by atoms with Crippen molar-refractivity contribution in [2.75, 3.05) is 39.0 Å². The third-order valence-electron chi connectivity index (χ3n) is 5.23. The molecular weight excluding hydrogens is 338 g/mol. The van der Waals surface area contributed by atoms with Crippen LogP contribution < -0.4 is 16.0 Å². The summed E-state index contributed by atoms with van der Waals surface area (Å²) in [4.78, 5) is 18.5. The Hall–Kier alpha value is -2.08. The van der Waals surface area contributed by atoms with Crippen LogP contribution in [0.15, 0.2) is 29.3 Å². The molecule has 0 aromatic heterocycles. The summed E-state index contributed by atoms with van der Waals surface area (Å²) in [5.41, 5.74) is 2.34. The molecule has 0 spiro atoms. The number of guanidine groups is 1. The van der Waals surface area contributed by atoms with Gasteiger partial charge in [-0.2, -0.15) is 0 Å². The van der Waals surface area contributed by atoms with Crippen molar-refractivity contribution in [3.63, 3.8) is 0 Å². The summed E-state index contributed by atoms with van der Waals surface area (Å²) >= 11 is 0. The highest BCUT2D eigenvalue weighted by Gasteiger charge is 2.34. The van der Waals surface area contributed by atoms with E-state index < -0.39 is 0 Å². The Balaban J connectivity index is 1.94. The van der Waals surface area contributed by atoms with Crippen LogP contribution in [-0.4, -0.2) is 50.5 Å². The fourth-order valence-corrected chi connectivity index (χ4v) is 3.35. The number of amides is 1. The molecule has 0 saturated heterocycles. The van der Waals surface area contributed by atoms with Gasteiger partial charge in [0.1, 0.15) is 0 Å². The highest BCUT2D eigenvalue weighted by atomic mass is 16.2. The quantitative estimate of drug-likeness (QED) is 0.460. The SMILES string of the molecule is CCNC(=NCc1cccc(NC(=O)CN(C)C)c1)NCC1(CC)CCC1. The number of benzene rings is 1. The zero-order valence-electron chi connectivity index (χ0n) is 17.3. The maximum atomic E-state index is 11.9. The van der Waals surface area contributed by atoms with Crippen LogP contribution >= 0.6 is 0 Å². The Bertz CT molecular complexity index is 632. The maximum Gasteiger partial charge on any atom is 0.238 e. The molecule has 1 aliphatic rings. The standard InChI is InChI=1S/C21H35N5O/c1-5-21(11-8-12-21)16-24-20(22-6-2)23-14-17-9-7-10-18(13-17)25-19(27)15-26(3)4/h7,9-10,13H,5-6,8,11-12,14-16H2,1-4H3,(H,25,27)(H2,22,23,24). The molecule has 0 atom stereocenters. The van der Waals surface area contributed by atoms with Crippen molar-refractivity contribution in [2.45, 2.75) is 46.1 Å². The van der Waals surface area contributed by atoms with E-state index in [9.17, 15) is 4.79 Å². The zero-order valence-corrected chi connectivity index (χ0v) is 17.3. The van der Waals surface area contributed by atoms with E-state index in [1.165, 1.54) is 25.7 Å². The predicted molar refractivity (Wildman–Crippen MR) is 113 cm³/mol.